The van der Waals surface area contributed by atoms with E-state index in [1.807, 2.05) is 13.2 Å². The molecule has 0 fully saturated rings. The van der Waals surface area contributed by atoms with Gasteiger partial charge in [0.05, 0.1) is 4.92 Å². The van der Waals surface area contributed by atoms with Crippen molar-refractivity contribution in [3.05, 3.63) is 22.2 Å². The number of aromatic nitrogens is 1. The molecule has 0 radical (unpaired) electrons. The predicted octanol–water partition coefficient (Wildman–Crippen LogP) is 2.20. The maximum Gasteiger partial charge on any atom is 0.311 e. The Kier molecular flexibility index (Phi) is 5.55. The standard InChI is InChI=1S/C10H16N4O2S/c1-3-11-9-5-4-8(14(15)16)10(13-9)12-6-7-17-2/h4-5H,3,6-7H2,1-2H3,(H2,11,12,13). The number of hydrogen-bond acceptors (Lipinski definition) is 6. The highest BCUT2D eigenvalue weighted by molar-refractivity contribution is 7.98. The summed E-state index contributed by atoms with van der Waals surface area (Å²) in [5.41, 5.74) is 0.00718. The third-order valence-corrected chi connectivity index (χ3v) is 2.64. The van der Waals surface area contributed by atoms with E-state index in [4.69, 9.17) is 0 Å². The molecule has 0 spiro atoms. The van der Waals surface area contributed by atoms with Crippen LogP contribution in [0.25, 0.3) is 0 Å². The summed E-state index contributed by atoms with van der Waals surface area (Å²) in [6, 6.07) is 3.08. The van der Waals surface area contributed by atoms with Crippen molar-refractivity contribution in [3.8, 4) is 0 Å². The largest absolute Gasteiger partial charge is 0.370 e. The average Bonchev–Trinajstić information content (AvgIpc) is 2.30. The van der Waals surface area contributed by atoms with Gasteiger partial charge in [0.1, 0.15) is 5.82 Å². The molecule has 1 heterocycles. The SMILES string of the molecule is CCNc1ccc([N+](=O)[O-])c(NCCSC)n1. The number of nitrogens with zero attached hydrogens (tertiary/aromatic N) is 2. The second kappa shape index (κ2) is 6.95. The minimum atomic E-state index is -0.426. The number of nitrogens with one attached hydrogen (secondary N) is 2. The quantitative estimate of drug-likeness (QED) is 0.442. The summed E-state index contributed by atoms with van der Waals surface area (Å²) in [6.07, 6.45) is 1.98. The van der Waals surface area contributed by atoms with Crippen LogP contribution in [0.2, 0.25) is 0 Å². The molecule has 0 saturated heterocycles. The van der Waals surface area contributed by atoms with E-state index in [9.17, 15) is 10.1 Å². The Morgan fingerprint density at radius 3 is 2.82 bits per heavy atom. The highest BCUT2D eigenvalue weighted by Crippen LogP contribution is 2.23. The van der Waals surface area contributed by atoms with E-state index in [2.05, 4.69) is 15.6 Å². The molecule has 0 amide bonds. The average molecular weight is 256 g/mol. The molecular weight excluding hydrogens is 240 g/mol. The molecule has 0 saturated carbocycles. The molecule has 0 unspecified atom stereocenters. The van der Waals surface area contributed by atoms with Crippen LogP contribution in [0.3, 0.4) is 0 Å². The lowest BCUT2D eigenvalue weighted by molar-refractivity contribution is -0.384. The lowest BCUT2D eigenvalue weighted by atomic mass is 10.3. The predicted molar refractivity (Wildman–Crippen MR) is 71.9 cm³/mol. The van der Waals surface area contributed by atoms with Gasteiger partial charge in [-0.15, -0.1) is 0 Å². The van der Waals surface area contributed by atoms with Crippen molar-refractivity contribution >= 4 is 29.1 Å². The van der Waals surface area contributed by atoms with Gasteiger partial charge in [0, 0.05) is 24.9 Å². The molecule has 94 valence electrons. The van der Waals surface area contributed by atoms with Gasteiger partial charge in [-0.25, -0.2) is 4.98 Å². The molecule has 1 rings (SSSR count). The molecule has 2 N–H and O–H groups in total. The first-order valence-corrected chi connectivity index (χ1v) is 6.70. The molecule has 1 aromatic rings. The zero-order valence-electron chi connectivity index (χ0n) is 9.90. The number of hydrogen-bond donors (Lipinski definition) is 2. The minimum absolute atomic E-state index is 0.00718. The van der Waals surface area contributed by atoms with Crippen LogP contribution in [0.5, 0.6) is 0 Å². The van der Waals surface area contributed by atoms with Crippen LogP contribution >= 0.6 is 11.8 Å². The van der Waals surface area contributed by atoms with Crippen molar-refractivity contribution in [3.63, 3.8) is 0 Å². The summed E-state index contributed by atoms with van der Waals surface area (Å²) in [6.45, 7) is 3.34. The van der Waals surface area contributed by atoms with Crippen LogP contribution in [0.4, 0.5) is 17.3 Å². The van der Waals surface area contributed by atoms with Crippen LogP contribution in [0.1, 0.15) is 6.92 Å². The van der Waals surface area contributed by atoms with Crippen molar-refractivity contribution in [1.82, 2.24) is 4.98 Å². The van der Waals surface area contributed by atoms with Gasteiger partial charge in [0.15, 0.2) is 0 Å². The third kappa shape index (κ3) is 4.10. The van der Waals surface area contributed by atoms with E-state index in [0.717, 1.165) is 12.3 Å². The Bertz CT molecular complexity index is 387. The summed E-state index contributed by atoms with van der Waals surface area (Å²) in [5, 5.41) is 16.8. The Balaban J connectivity index is 2.86. The van der Waals surface area contributed by atoms with Gasteiger partial charge in [-0.2, -0.15) is 11.8 Å². The number of anilines is 2. The number of nitro groups is 1. The van der Waals surface area contributed by atoms with E-state index in [0.29, 0.717) is 18.2 Å². The van der Waals surface area contributed by atoms with Crippen molar-refractivity contribution < 1.29 is 4.92 Å². The molecule has 0 atom stereocenters. The molecule has 6 nitrogen and oxygen atoms in total. The van der Waals surface area contributed by atoms with E-state index in [1.165, 1.54) is 6.07 Å². The third-order valence-electron chi connectivity index (χ3n) is 2.03. The number of thioether (sulfide) groups is 1. The van der Waals surface area contributed by atoms with Crippen LogP contribution in [0, 0.1) is 10.1 Å². The Morgan fingerprint density at radius 1 is 1.47 bits per heavy atom. The van der Waals surface area contributed by atoms with Crippen molar-refractivity contribution in [2.45, 2.75) is 6.92 Å². The van der Waals surface area contributed by atoms with E-state index in [1.54, 1.807) is 17.8 Å². The Labute approximate surface area is 104 Å². The van der Waals surface area contributed by atoms with Gasteiger partial charge >= 0.3 is 5.69 Å². The maximum absolute atomic E-state index is 10.8. The summed E-state index contributed by atoms with van der Waals surface area (Å²) in [5.74, 6) is 1.84. The topological polar surface area (TPSA) is 80.1 Å². The van der Waals surface area contributed by atoms with Crippen molar-refractivity contribution in [2.24, 2.45) is 0 Å². The van der Waals surface area contributed by atoms with Gasteiger partial charge < -0.3 is 10.6 Å². The highest BCUT2D eigenvalue weighted by Gasteiger charge is 2.15. The molecule has 0 aliphatic carbocycles. The minimum Gasteiger partial charge on any atom is -0.370 e. The Hall–Kier alpha value is -1.50. The molecule has 0 aliphatic rings. The zero-order valence-corrected chi connectivity index (χ0v) is 10.7. The fourth-order valence-electron chi connectivity index (χ4n) is 1.28. The second-order valence-corrected chi connectivity index (χ2v) is 4.26. The second-order valence-electron chi connectivity index (χ2n) is 3.27. The smallest absolute Gasteiger partial charge is 0.311 e. The zero-order chi connectivity index (χ0) is 12.7. The van der Waals surface area contributed by atoms with Gasteiger partial charge in [-0.1, -0.05) is 0 Å². The first-order valence-electron chi connectivity index (χ1n) is 5.31. The van der Waals surface area contributed by atoms with Crippen LogP contribution in [0.15, 0.2) is 12.1 Å². The van der Waals surface area contributed by atoms with Crippen molar-refractivity contribution in [1.29, 1.82) is 0 Å². The lowest BCUT2D eigenvalue weighted by Crippen LogP contribution is -2.09. The normalized spacial score (nSPS) is 10.0. The van der Waals surface area contributed by atoms with Gasteiger partial charge in [0.2, 0.25) is 5.82 Å². The molecule has 0 aromatic carbocycles. The fourth-order valence-corrected chi connectivity index (χ4v) is 1.59. The lowest BCUT2D eigenvalue weighted by Gasteiger charge is -2.08. The number of pyridine rings is 1. The fraction of sp³-hybridized carbons (Fsp3) is 0.500. The first-order chi connectivity index (χ1) is 8.19. The molecule has 7 heteroatoms. The van der Waals surface area contributed by atoms with Crippen molar-refractivity contribution in [2.75, 3.05) is 35.7 Å². The monoisotopic (exact) mass is 256 g/mol. The van der Waals surface area contributed by atoms with Gasteiger partial charge in [-0.3, -0.25) is 10.1 Å². The summed E-state index contributed by atoms with van der Waals surface area (Å²) in [4.78, 5) is 14.6. The van der Waals surface area contributed by atoms with Crippen LogP contribution in [-0.4, -0.2) is 35.0 Å². The van der Waals surface area contributed by atoms with E-state index in [-0.39, 0.29) is 5.69 Å². The molecule has 17 heavy (non-hydrogen) atoms. The summed E-state index contributed by atoms with van der Waals surface area (Å²) < 4.78 is 0. The van der Waals surface area contributed by atoms with Gasteiger partial charge in [0.25, 0.3) is 0 Å². The van der Waals surface area contributed by atoms with E-state index >= 15 is 0 Å². The molecule has 1 aromatic heterocycles. The summed E-state index contributed by atoms with van der Waals surface area (Å²) in [7, 11) is 0. The van der Waals surface area contributed by atoms with Crippen LogP contribution < -0.4 is 10.6 Å². The maximum atomic E-state index is 10.8. The Morgan fingerprint density at radius 2 is 2.24 bits per heavy atom. The summed E-state index contributed by atoms with van der Waals surface area (Å²) >= 11 is 1.67. The molecule has 0 aliphatic heterocycles. The molecule has 0 bridgehead atoms. The van der Waals surface area contributed by atoms with Gasteiger partial charge in [-0.05, 0) is 19.2 Å². The van der Waals surface area contributed by atoms with Crippen LogP contribution in [-0.2, 0) is 0 Å². The first kappa shape index (κ1) is 13.6. The van der Waals surface area contributed by atoms with E-state index < -0.39 is 4.92 Å². The number of rotatable bonds is 7. The molecular formula is C10H16N4O2S. The highest BCUT2D eigenvalue weighted by atomic mass is 32.2.